The molecule has 5 nitrogen and oxygen atoms in total. The lowest BCUT2D eigenvalue weighted by Gasteiger charge is -2.05. The van der Waals surface area contributed by atoms with E-state index in [1.807, 2.05) is 0 Å². The van der Waals surface area contributed by atoms with Crippen LogP contribution in [0, 0.1) is 0 Å². The molecule has 0 bridgehead atoms. The third-order valence-electron chi connectivity index (χ3n) is 1.83. The van der Waals surface area contributed by atoms with Gasteiger partial charge in [0.1, 0.15) is 0 Å². The topological polar surface area (TPSA) is 75.3 Å². The van der Waals surface area contributed by atoms with E-state index in [1.54, 1.807) is 25.2 Å². The molecule has 88 valence electrons. The zero-order valence-electron chi connectivity index (χ0n) is 9.15. The predicted molar refractivity (Wildman–Crippen MR) is 63.2 cm³/mol. The van der Waals surface area contributed by atoms with Crippen molar-refractivity contribution in [2.24, 2.45) is 0 Å². The van der Waals surface area contributed by atoms with Crippen LogP contribution in [0.5, 0.6) is 0 Å². The second kappa shape index (κ2) is 5.09. The molecule has 0 saturated heterocycles. The van der Waals surface area contributed by atoms with Crippen molar-refractivity contribution in [3.05, 3.63) is 29.8 Å². The van der Waals surface area contributed by atoms with Crippen LogP contribution in [0.15, 0.2) is 24.3 Å². The molecule has 0 radical (unpaired) electrons. The summed E-state index contributed by atoms with van der Waals surface area (Å²) in [5.41, 5.74) is 0.868. The molecule has 0 amide bonds. The van der Waals surface area contributed by atoms with Gasteiger partial charge >= 0.3 is 0 Å². The molecule has 0 fully saturated rings. The summed E-state index contributed by atoms with van der Waals surface area (Å²) in [5, 5.41) is 2.75. The van der Waals surface area contributed by atoms with E-state index in [9.17, 15) is 13.2 Å². The van der Waals surface area contributed by atoms with Gasteiger partial charge in [0.2, 0.25) is 10.0 Å². The number of carbonyl (C=O) groups excluding carboxylic acids is 1. The van der Waals surface area contributed by atoms with Crippen molar-refractivity contribution >= 4 is 21.5 Å². The van der Waals surface area contributed by atoms with Crippen LogP contribution >= 0.6 is 0 Å². The van der Waals surface area contributed by atoms with E-state index in [4.69, 9.17) is 0 Å². The van der Waals surface area contributed by atoms with Gasteiger partial charge in [-0.25, -0.2) is 8.42 Å². The number of Topliss-reactive ketones (excluding diaryl/α,β-unsaturated/α-hetero) is 1. The standard InChI is InChI=1S/C10H14N2O3S/c1-11-7-10(13)8-4-3-5-9(6-8)12-16(2,14)15/h3-6,11-12H,7H2,1-2H3. The number of anilines is 1. The zero-order valence-corrected chi connectivity index (χ0v) is 9.97. The van der Waals surface area contributed by atoms with Gasteiger partial charge in [0.05, 0.1) is 12.8 Å². The van der Waals surface area contributed by atoms with Crippen molar-refractivity contribution in [3.8, 4) is 0 Å². The molecule has 0 heterocycles. The second-order valence-electron chi connectivity index (χ2n) is 3.41. The van der Waals surface area contributed by atoms with E-state index in [1.165, 1.54) is 6.07 Å². The third-order valence-corrected chi connectivity index (χ3v) is 2.43. The molecule has 1 rings (SSSR count). The SMILES string of the molecule is CNCC(=O)c1cccc(NS(C)(=O)=O)c1. The van der Waals surface area contributed by atoms with E-state index in [-0.39, 0.29) is 12.3 Å². The first-order valence-corrected chi connectivity index (χ1v) is 6.57. The Kier molecular flexibility index (Phi) is 4.03. The van der Waals surface area contributed by atoms with Crippen molar-refractivity contribution in [2.45, 2.75) is 0 Å². The Hall–Kier alpha value is -1.40. The van der Waals surface area contributed by atoms with Gasteiger partial charge in [0.25, 0.3) is 0 Å². The molecule has 1 aromatic carbocycles. The fourth-order valence-electron chi connectivity index (χ4n) is 1.23. The van der Waals surface area contributed by atoms with Gasteiger partial charge in [0.15, 0.2) is 5.78 Å². The summed E-state index contributed by atoms with van der Waals surface area (Å²) in [7, 11) is -1.63. The fraction of sp³-hybridized carbons (Fsp3) is 0.300. The van der Waals surface area contributed by atoms with Crippen LogP contribution in [-0.2, 0) is 10.0 Å². The molecule has 0 aliphatic rings. The number of nitrogens with one attached hydrogen (secondary N) is 2. The van der Waals surface area contributed by atoms with Crippen LogP contribution in [0.3, 0.4) is 0 Å². The maximum Gasteiger partial charge on any atom is 0.229 e. The minimum atomic E-state index is -3.31. The average molecular weight is 242 g/mol. The summed E-state index contributed by atoms with van der Waals surface area (Å²) < 4.78 is 24.3. The molecule has 0 saturated carbocycles. The zero-order chi connectivity index (χ0) is 12.2. The van der Waals surface area contributed by atoms with E-state index >= 15 is 0 Å². The van der Waals surface area contributed by atoms with Crippen molar-refractivity contribution in [2.75, 3.05) is 24.6 Å². The predicted octanol–water partition coefficient (Wildman–Crippen LogP) is 0.460. The molecule has 0 spiro atoms. The molecule has 16 heavy (non-hydrogen) atoms. The lowest BCUT2D eigenvalue weighted by Crippen LogP contribution is -2.18. The third kappa shape index (κ3) is 4.00. The molecule has 0 aliphatic carbocycles. The van der Waals surface area contributed by atoms with Gasteiger partial charge in [-0.2, -0.15) is 0 Å². The molecule has 1 aromatic rings. The summed E-state index contributed by atoms with van der Waals surface area (Å²) in [4.78, 5) is 11.5. The van der Waals surface area contributed by atoms with Gasteiger partial charge in [0, 0.05) is 11.3 Å². The van der Waals surface area contributed by atoms with Gasteiger partial charge < -0.3 is 5.32 Å². The van der Waals surface area contributed by atoms with Gasteiger partial charge in [-0.1, -0.05) is 12.1 Å². The summed E-state index contributed by atoms with van der Waals surface area (Å²) >= 11 is 0. The number of benzene rings is 1. The van der Waals surface area contributed by atoms with Gasteiger partial charge in [-0.3, -0.25) is 9.52 Å². The summed E-state index contributed by atoms with van der Waals surface area (Å²) in [6.07, 6.45) is 1.06. The Bertz CT molecular complexity index is 483. The van der Waals surface area contributed by atoms with Crippen molar-refractivity contribution in [1.29, 1.82) is 0 Å². The van der Waals surface area contributed by atoms with Crippen LogP contribution < -0.4 is 10.0 Å². The maximum absolute atomic E-state index is 11.5. The molecular formula is C10H14N2O3S. The van der Waals surface area contributed by atoms with Crippen LogP contribution in [0.1, 0.15) is 10.4 Å². The highest BCUT2D eigenvalue weighted by Crippen LogP contribution is 2.12. The summed E-state index contributed by atoms with van der Waals surface area (Å²) in [5.74, 6) is -0.0837. The first-order valence-electron chi connectivity index (χ1n) is 4.68. The van der Waals surface area contributed by atoms with E-state index in [2.05, 4.69) is 10.0 Å². The van der Waals surface area contributed by atoms with Gasteiger partial charge in [-0.15, -0.1) is 0 Å². The number of carbonyl (C=O) groups is 1. The van der Waals surface area contributed by atoms with Crippen LogP contribution in [0.4, 0.5) is 5.69 Å². The number of sulfonamides is 1. The number of ketones is 1. The summed E-state index contributed by atoms with van der Waals surface area (Å²) in [6, 6.07) is 6.39. The molecule has 0 unspecified atom stereocenters. The van der Waals surface area contributed by atoms with Crippen LogP contribution in [-0.4, -0.2) is 34.0 Å². The van der Waals surface area contributed by atoms with E-state index in [0.29, 0.717) is 11.3 Å². The monoisotopic (exact) mass is 242 g/mol. The first-order chi connectivity index (χ1) is 7.42. The number of hydrogen-bond donors (Lipinski definition) is 2. The lowest BCUT2D eigenvalue weighted by molar-refractivity contribution is 0.0993. The Labute approximate surface area is 94.9 Å². The number of rotatable bonds is 5. The molecular weight excluding hydrogens is 228 g/mol. The van der Waals surface area contributed by atoms with Crippen LogP contribution in [0.25, 0.3) is 0 Å². The minimum absolute atomic E-state index is 0.0837. The Balaban J connectivity index is 2.91. The Morgan fingerprint density at radius 2 is 2.06 bits per heavy atom. The molecule has 2 N–H and O–H groups in total. The fourth-order valence-corrected chi connectivity index (χ4v) is 1.79. The summed E-state index contributed by atoms with van der Waals surface area (Å²) in [6.45, 7) is 0.225. The smallest absolute Gasteiger partial charge is 0.229 e. The molecule has 0 aromatic heterocycles. The molecule has 6 heteroatoms. The highest BCUT2D eigenvalue weighted by atomic mass is 32.2. The first kappa shape index (κ1) is 12.7. The van der Waals surface area contributed by atoms with Crippen molar-refractivity contribution in [1.82, 2.24) is 5.32 Å². The highest BCUT2D eigenvalue weighted by molar-refractivity contribution is 7.92. The average Bonchev–Trinajstić information content (AvgIpc) is 2.16. The normalized spacial score (nSPS) is 11.1. The molecule has 0 atom stereocenters. The Morgan fingerprint density at radius 1 is 1.38 bits per heavy atom. The maximum atomic E-state index is 11.5. The van der Waals surface area contributed by atoms with Gasteiger partial charge in [-0.05, 0) is 19.2 Å². The number of likely N-dealkylation sites (N-methyl/N-ethyl adjacent to an activating group) is 1. The Morgan fingerprint density at radius 3 is 2.62 bits per heavy atom. The largest absolute Gasteiger partial charge is 0.313 e. The second-order valence-corrected chi connectivity index (χ2v) is 5.16. The minimum Gasteiger partial charge on any atom is -0.313 e. The number of hydrogen-bond acceptors (Lipinski definition) is 4. The lowest BCUT2D eigenvalue weighted by atomic mass is 10.1. The highest BCUT2D eigenvalue weighted by Gasteiger charge is 2.07. The van der Waals surface area contributed by atoms with E-state index in [0.717, 1.165) is 6.26 Å². The molecule has 0 aliphatic heterocycles. The van der Waals surface area contributed by atoms with Crippen molar-refractivity contribution < 1.29 is 13.2 Å². The van der Waals surface area contributed by atoms with E-state index < -0.39 is 10.0 Å². The quantitative estimate of drug-likeness (QED) is 0.736. The van der Waals surface area contributed by atoms with Crippen LogP contribution in [0.2, 0.25) is 0 Å². The van der Waals surface area contributed by atoms with Crippen molar-refractivity contribution in [3.63, 3.8) is 0 Å².